The molecule has 0 spiro atoms. The highest BCUT2D eigenvalue weighted by molar-refractivity contribution is 5.86. The maximum Gasteiger partial charge on any atom is 0.275 e. The molecule has 0 radical (unpaired) electrons. The molecule has 0 aliphatic rings. The van der Waals surface area contributed by atoms with Crippen molar-refractivity contribution < 1.29 is 9.53 Å². The minimum Gasteiger partial charge on any atom is -0.478 e. The predicted molar refractivity (Wildman–Crippen MR) is 78.1 cm³/mol. The Morgan fingerprint density at radius 2 is 2.00 bits per heavy atom. The van der Waals surface area contributed by atoms with Crippen LogP contribution in [-0.4, -0.2) is 21.1 Å². The first kappa shape index (κ1) is 14.3. The quantitative estimate of drug-likeness (QED) is 0.855. The van der Waals surface area contributed by atoms with E-state index in [0.717, 1.165) is 11.3 Å². The first-order valence-corrected chi connectivity index (χ1v) is 6.72. The highest BCUT2D eigenvalue weighted by atomic mass is 16.5. The van der Waals surface area contributed by atoms with E-state index in [1.54, 1.807) is 26.2 Å². The number of nitrogens with zero attached hydrogens (tertiary/aromatic N) is 2. The number of hydrogen-bond donors (Lipinski definition) is 0. The second-order valence-electron chi connectivity index (χ2n) is 5.58. The van der Waals surface area contributed by atoms with E-state index in [9.17, 15) is 4.79 Å². The predicted octanol–water partition coefficient (Wildman–Crippen LogP) is 3.50. The average Bonchev–Trinajstić information content (AvgIpc) is 2.91. The number of rotatable bonds is 4. The summed E-state index contributed by atoms with van der Waals surface area (Å²) < 4.78 is 7.42. The van der Waals surface area contributed by atoms with Gasteiger partial charge in [-0.25, -0.2) is 4.98 Å². The zero-order chi connectivity index (χ0) is 14.8. The lowest BCUT2D eigenvalue weighted by atomic mass is 10.0. The molecule has 0 amide bonds. The van der Waals surface area contributed by atoms with Crippen molar-refractivity contribution in [2.45, 2.75) is 39.2 Å². The average molecular weight is 272 g/mol. The van der Waals surface area contributed by atoms with E-state index in [0.29, 0.717) is 5.92 Å². The summed E-state index contributed by atoms with van der Waals surface area (Å²) in [5.74, 6) is 0.944. The van der Waals surface area contributed by atoms with Crippen LogP contribution in [0.2, 0.25) is 0 Å². The van der Waals surface area contributed by atoms with E-state index in [4.69, 9.17) is 4.74 Å². The van der Waals surface area contributed by atoms with Crippen molar-refractivity contribution >= 4 is 5.91 Å². The summed E-state index contributed by atoms with van der Waals surface area (Å²) in [4.78, 5) is 16.3. The van der Waals surface area contributed by atoms with Crippen LogP contribution in [0.5, 0.6) is 5.75 Å². The number of benzene rings is 1. The molecule has 0 unspecified atom stereocenters. The minimum atomic E-state index is -0.953. The van der Waals surface area contributed by atoms with Crippen molar-refractivity contribution in [1.29, 1.82) is 0 Å². The highest BCUT2D eigenvalue weighted by Crippen LogP contribution is 2.29. The first-order valence-electron chi connectivity index (χ1n) is 6.72. The Morgan fingerprint density at radius 3 is 2.60 bits per heavy atom. The van der Waals surface area contributed by atoms with Gasteiger partial charge in [-0.05, 0) is 31.4 Å². The summed E-state index contributed by atoms with van der Waals surface area (Å²) in [6.45, 7) is 7.75. The van der Waals surface area contributed by atoms with E-state index in [1.165, 1.54) is 10.9 Å². The Labute approximate surface area is 119 Å². The number of carbonyl (C=O) groups excluding carboxylic acids is 1. The molecule has 4 nitrogen and oxygen atoms in total. The Hall–Kier alpha value is -2.10. The van der Waals surface area contributed by atoms with Crippen LogP contribution in [0.25, 0.3) is 0 Å². The zero-order valence-corrected chi connectivity index (χ0v) is 12.3. The van der Waals surface area contributed by atoms with Crippen LogP contribution in [0, 0.1) is 0 Å². The maximum atomic E-state index is 12.4. The van der Waals surface area contributed by atoms with Crippen LogP contribution < -0.4 is 4.74 Å². The van der Waals surface area contributed by atoms with Gasteiger partial charge in [-0.3, -0.25) is 9.36 Å². The van der Waals surface area contributed by atoms with Crippen LogP contribution in [-0.2, 0) is 0 Å². The molecule has 0 fully saturated rings. The summed E-state index contributed by atoms with van der Waals surface area (Å²) in [5, 5.41) is 0. The molecule has 0 saturated heterocycles. The summed E-state index contributed by atoms with van der Waals surface area (Å²) in [6, 6.07) is 7.82. The van der Waals surface area contributed by atoms with Gasteiger partial charge in [0.15, 0.2) is 5.60 Å². The molecule has 4 heteroatoms. The number of imidazole rings is 1. The Morgan fingerprint density at radius 1 is 1.30 bits per heavy atom. The molecule has 1 aromatic heterocycles. The molecule has 0 aliphatic heterocycles. The minimum absolute atomic E-state index is 0.145. The summed E-state index contributed by atoms with van der Waals surface area (Å²) >= 11 is 0. The topological polar surface area (TPSA) is 44.1 Å². The van der Waals surface area contributed by atoms with Gasteiger partial charge in [0.25, 0.3) is 5.91 Å². The monoisotopic (exact) mass is 272 g/mol. The van der Waals surface area contributed by atoms with E-state index in [-0.39, 0.29) is 5.91 Å². The van der Waals surface area contributed by atoms with E-state index in [2.05, 4.69) is 18.8 Å². The number of carbonyl (C=O) groups is 1. The molecule has 0 saturated carbocycles. The zero-order valence-electron chi connectivity index (χ0n) is 12.3. The van der Waals surface area contributed by atoms with Crippen molar-refractivity contribution in [3.05, 3.63) is 48.5 Å². The number of para-hydroxylation sites is 1. The largest absolute Gasteiger partial charge is 0.478 e. The van der Waals surface area contributed by atoms with Gasteiger partial charge < -0.3 is 4.74 Å². The van der Waals surface area contributed by atoms with Gasteiger partial charge in [-0.2, -0.15) is 0 Å². The summed E-state index contributed by atoms with van der Waals surface area (Å²) in [6.07, 6.45) is 4.69. The standard InChI is InChI=1S/C16H20N2O2/c1-12(2)13-7-5-6-8-14(13)20-16(3,4)15(19)18-10-9-17-11-18/h5-12H,1-4H3. The third-order valence-electron chi connectivity index (χ3n) is 3.16. The fourth-order valence-electron chi connectivity index (χ4n) is 2.06. The van der Waals surface area contributed by atoms with Crippen LogP contribution in [0.3, 0.4) is 0 Å². The molecule has 20 heavy (non-hydrogen) atoms. The Balaban J connectivity index is 2.27. The van der Waals surface area contributed by atoms with E-state index in [1.807, 2.05) is 24.3 Å². The van der Waals surface area contributed by atoms with Crippen LogP contribution in [0.4, 0.5) is 0 Å². The third kappa shape index (κ3) is 2.90. The van der Waals surface area contributed by atoms with Gasteiger partial charge in [0.2, 0.25) is 0 Å². The first-order chi connectivity index (χ1) is 9.42. The molecular formula is C16H20N2O2. The van der Waals surface area contributed by atoms with Crippen LogP contribution in [0.1, 0.15) is 44.0 Å². The van der Waals surface area contributed by atoms with Crippen molar-refractivity contribution in [3.63, 3.8) is 0 Å². The molecule has 1 aromatic carbocycles. The van der Waals surface area contributed by atoms with Crippen LogP contribution in [0.15, 0.2) is 43.0 Å². The lowest BCUT2D eigenvalue weighted by molar-refractivity contribution is 0.0483. The molecule has 1 heterocycles. The second-order valence-corrected chi connectivity index (χ2v) is 5.58. The maximum absolute atomic E-state index is 12.4. The number of ether oxygens (including phenoxy) is 1. The molecule has 2 rings (SSSR count). The van der Waals surface area contributed by atoms with Crippen molar-refractivity contribution in [2.24, 2.45) is 0 Å². The molecule has 2 aromatic rings. The molecule has 106 valence electrons. The van der Waals surface area contributed by atoms with Crippen LogP contribution >= 0.6 is 0 Å². The van der Waals surface area contributed by atoms with Gasteiger partial charge in [0.1, 0.15) is 12.1 Å². The fourth-order valence-corrected chi connectivity index (χ4v) is 2.06. The van der Waals surface area contributed by atoms with Gasteiger partial charge in [0, 0.05) is 12.4 Å². The normalized spacial score (nSPS) is 11.7. The van der Waals surface area contributed by atoms with Gasteiger partial charge >= 0.3 is 0 Å². The number of aromatic nitrogens is 2. The fraction of sp³-hybridized carbons (Fsp3) is 0.375. The van der Waals surface area contributed by atoms with Crippen molar-refractivity contribution in [1.82, 2.24) is 9.55 Å². The van der Waals surface area contributed by atoms with E-state index >= 15 is 0 Å². The van der Waals surface area contributed by atoms with Gasteiger partial charge in [0.05, 0.1) is 0 Å². The SMILES string of the molecule is CC(C)c1ccccc1OC(C)(C)C(=O)n1ccnc1. The van der Waals surface area contributed by atoms with Crippen molar-refractivity contribution in [3.8, 4) is 5.75 Å². The molecular weight excluding hydrogens is 252 g/mol. The molecule has 0 aliphatic carbocycles. The lowest BCUT2D eigenvalue weighted by Crippen LogP contribution is -2.41. The summed E-state index contributed by atoms with van der Waals surface area (Å²) in [7, 11) is 0. The van der Waals surface area contributed by atoms with Gasteiger partial charge in [-0.1, -0.05) is 32.0 Å². The van der Waals surface area contributed by atoms with Crippen molar-refractivity contribution in [2.75, 3.05) is 0 Å². The number of hydrogen-bond acceptors (Lipinski definition) is 3. The molecule has 0 N–H and O–H groups in total. The Kier molecular flexibility index (Phi) is 3.93. The summed E-state index contributed by atoms with van der Waals surface area (Å²) in [5.41, 5.74) is 0.144. The lowest BCUT2D eigenvalue weighted by Gasteiger charge is -2.27. The smallest absolute Gasteiger partial charge is 0.275 e. The molecule has 0 bridgehead atoms. The van der Waals surface area contributed by atoms with E-state index < -0.39 is 5.60 Å². The molecule has 0 atom stereocenters. The third-order valence-corrected chi connectivity index (χ3v) is 3.16. The highest BCUT2D eigenvalue weighted by Gasteiger charge is 2.32. The Bertz CT molecular complexity index is 586. The second kappa shape index (κ2) is 5.49. The van der Waals surface area contributed by atoms with Gasteiger partial charge in [-0.15, -0.1) is 0 Å².